The molecule has 0 rings (SSSR count). The van der Waals surface area contributed by atoms with Crippen molar-refractivity contribution in [2.24, 2.45) is 0 Å². The van der Waals surface area contributed by atoms with Crippen LogP contribution in [-0.4, -0.2) is 24.7 Å². The van der Waals surface area contributed by atoms with Gasteiger partial charge in [0.25, 0.3) is 0 Å². The monoisotopic (exact) mass is 130 g/mol. The summed E-state index contributed by atoms with van der Waals surface area (Å²) in [7, 11) is 1.66. The SMILES string of the molecule is C=C(NC)NCC(=O)O. The number of nitrogens with one attached hydrogen (secondary N) is 2. The standard InChI is InChI=1S/C5H10N2O2/c1-4(6-2)7-3-5(8)9/h6-7H,1,3H2,2H3,(H,8,9). The quantitative estimate of drug-likeness (QED) is 0.473. The van der Waals surface area contributed by atoms with Crippen molar-refractivity contribution in [1.29, 1.82) is 0 Å². The van der Waals surface area contributed by atoms with Gasteiger partial charge in [0, 0.05) is 7.05 Å². The Balaban J connectivity index is 3.28. The minimum absolute atomic E-state index is 0.0975. The van der Waals surface area contributed by atoms with Gasteiger partial charge in [-0.15, -0.1) is 0 Å². The molecular weight excluding hydrogens is 120 g/mol. The summed E-state index contributed by atoms with van der Waals surface area (Å²) in [6, 6.07) is 0. The summed E-state index contributed by atoms with van der Waals surface area (Å²) in [6.45, 7) is 3.36. The van der Waals surface area contributed by atoms with Crippen LogP contribution in [0.2, 0.25) is 0 Å². The zero-order valence-electron chi connectivity index (χ0n) is 5.27. The maximum absolute atomic E-state index is 9.89. The Morgan fingerprint density at radius 3 is 2.67 bits per heavy atom. The van der Waals surface area contributed by atoms with Gasteiger partial charge in [0.15, 0.2) is 0 Å². The molecule has 9 heavy (non-hydrogen) atoms. The maximum atomic E-state index is 9.89. The Hall–Kier alpha value is -1.19. The molecule has 4 heteroatoms. The van der Waals surface area contributed by atoms with Gasteiger partial charge in [0.1, 0.15) is 6.54 Å². The zero-order valence-corrected chi connectivity index (χ0v) is 5.27. The first kappa shape index (κ1) is 7.81. The van der Waals surface area contributed by atoms with E-state index in [2.05, 4.69) is 17.2 Å². The first-order valence-electron chi connectivity index (χ1n) is 2.49. The van der Waals surface area contributed by atoms with Crippen LogP contribution in [-0.2, 0) is 4.79 Å². The van der Waals surface area contributed by atoms with Gasteiger partial charge in [-0.3, -0.25) is 4.79 Å². The molecule has 0 aromatic heterocycles. The van der Waals surface area contributed by atoms with Crippen molar-refractivity contribution in [2.75, 3.05) is 13.6 Å². The molecule has 0 radical (unpaired) electrons. The fourth-order valence-electron chi connectivity index (χ4n) is 0.271. The Bertz CT molecular complexity index is 122. The maximum Gasteiger partial charge on any atom is 0.322 e. The lowest BCUT2D eigenvalue weighted by atomic mass is 10.6. The minimum Gasteiger partial charge on any atom is -0.480 e. The first-order chi connectivity index (χ1) is 4.16. The molecule has 4 nitrogen and oxygen atoms in total. The Morgan fingerprint density at radius 1 is 1.78 bits per heavy atom. The molecule has 0 heterocycles. The van der Waals surface area contributed by atoms with Crippen LogP contribution in [0.3, 0.4) is 0 Å². The van der Waals surface area contributed by atoms with E-state index >= 15 is 0 Å². The van der Waals surface area contributed by atoms with Gasteiger partial charge < -0.3 is 15.7 Å². The van der Waals surface area contributed by atoms with Crippen LogP contribution in [0, 0.1) is 0 Å². The molecule has 0 fully saturated rings. The molecular formula is C5H10N2O2. The van der Waals surface area contributed by atoms with E-state index in [0.29, 0.717) is 5.82 Å². The van der Waals surface area contributed by atoms with E-state index in [-0.39, 0.29) is 6.54 Å². The van der Waals surface area contributed by atoms with Crippen molar-refractivity contribution in [1.82, 2.24) is 10.6 Å². The van der Waals surface area contributed by atoms with Gasteiger partial charge in [-0.05, 0) is 0 Å². The molecule has 0 aromatic rings. The summed E-state index contributed by atoms with van der Waals surface area (Å²) in [5, 5.41) is 13.3. The third-order valence-electron chi connectivity index (χ3n) is 0.755. The molecule has 3 N–H and O–H groups in total. The third-order valence-corrected chi connectivity index (χ3v) is 0.755. The highest BCUT2D eigenvalue weighted by atomic mass is 16.4. The van der Waals surface area contributed by atoms with Gasteiger partial charge in [-0.1, -0.05) is 6.58 Å². The van der Waals surface area contributed by atoms with E-state index in [1.807, 2.05) is 0 Å². The lowest BCUT2D eigenvalue weighted by molar-refractivity contribution is -0.135. The van der Waals surface area contributed by atoms with Crippen molar-refractivity contribution in [3.05, 3.63) is 12.4 Å². The van der Waals surface area contributed by atoms with Crippen molar-refractivity contribution >= 4 is 5.97 Å². The van der Waals surface area contributed by atoms with E-state index in [0.717, 1.165) is 0 Å². The van der Waals surface area contributed by atoms with Gasteiger partial charge in [0.05, 0.1) is 5.82 Å². The van der Waals surface area contributed by atoms with Gasteiger partial charge >= 0.3 is 5.97 Å². The molecule has 0 bridgehead atoms. The lowest BCUT2D eigenvalue weighted by Crippen LogP contribution is -2.27. The van der Waals surface area contributed by atoms with Crippen LogP contribution in [0.4, 0.5) is 0 Å². The summed E-state index contributed by atoms with van der Waals surface area (Å²) in [5.74, 6) is -0.385. The second-order valence-electron chi connectivity index (χ2n) is 1.48. The summed E-state index contributed by atoms with van der Waals surface area (Å²) in [5.41, 5.74) is 0. The molecule has 0 saturated heterocycles. The number of carbonyl (C=O) groups is 1. The third kappa shape index (κ3) is 4.67. The summed E-state index contributed by atoms with van der Waals surface area (Å²) in [4.78, 5) is 9.89. The summed E-state index contributed by atoms with van der Waals surface area (Å²) < 4.78 is 0. The highest BCUT2D eigenvalue weighted by molar-refractivity contribution is 5.69. The number of aliphatic carboxylic acids is 1. The van der Waals surface area contributed by atoms with Crippen molar-refractivity contribution in [3.8, 4) is 0 Å². The Kier molecular flexibility index (Phi) is 3.27. The van der Waals surface area contributed by atoms with Crippen LogP contribution < -0.4 is 10.6 Å². The second-order valence-corrected chi connectivity index (χ2v) is 1.48. The van der Waals surface area contributed by atoms with Crippen LogP contribution >= 0.6 is 0 Å². The van der Waals surface area contributed by atoms with Gasteiger partial charge in [-0.25, -0.2) is 0 Å². The summed E-state index contributed by atoms with van der Waals surface area (Å²) >= 11 is 0. The predicted octanol–water partition coefficient (Wildman–Crippen LogP) is -0.649. The smallest absolute Gasteiger partial charge is 0.322 e. The molecule has 0 amide bonds. The Morgan fingerprint density at radius 2 is 2.33 bits per heavy atom. The van der Waals surface area contributed by atoms with Crippen LogP contribution in [0.25, 0.3) is 0 Å². The van der Waals surface area contributed by atoms with Crippen molar-refractivity contribution in [2.45, 2.75) is 0 Å². The number of hydrogen-bond donors (Lipinski definition) is 3. The molecule has 0 aliphatic heterocycles. The fraction of sp³-hybridized carbons (Fsp3) is 0.400. The fourth-order valence-corrected chi connectivity index (χ4v) is 0.271. The van der Waals surface area contributed by atoms with E-state index in [1.54, 1.807) is 7.05 Å². The predicted molar refractivity (Wildman–Crippen MR) is 33.8 cm³/mol. The van der Waals surface area contributed by atoms with Gasteiger partial charge in [0.2, 0.25) is 0 Å². The molecule has 0 saturated carbocycles. The summed E-state index contributed by atoms with van der Waals surface area (Å²) in [6.07, 6.45) is 0. The van der Waals surface area contributed by atoms with E-state index in [9.17, 15) is 4.79 Å². The zero-order chi connectivity index (χ0) is 7.28. The first-order valence-corrected chi connectivity index (χ1v) is 2.49. The molecule has 0 unspecified atom stereocenters. The van der Waals surface area contributed by atoms with Crippen LogP contribution in [0.1, 0.15) is 0 Å². The average Bonchev–Trinajstić information content (AvgIpc) is 1.83. The lowest BCUT2D eigenvalue weighted by Gasteiger charge is -2.03. The number of carboxylic acids is 1. The highest BCUT2D eigenvalue weighted by Crippen LogP contribution is 1.70. The molecule has 0 atom stereocenters. The largest absolute Gasteiger partial charge is 0.480 e. The van der Waals surface area contributed by atoms with Crippen molar-refractivity contribution in [3.63, 3.8) is 0 Å². The molecule has 52 valence electrons. The molecule has 0 aromatic carbocycles. The molecule has 0 spiro atoms. The second kappa shape index (κ2) is 3.77. The average molecular weight is 130 g/mol. The molecule has 0 aliphatic carbocycles. The van der Waals surface area contributed by atoms with E-state index in [1.165, 1.54) is 0 Å². The molecule has 0 aliphatic rings. The van der Waals surface area contributed by atoms with Crippen LogP contribution in [0.5, 0.6) is 0 Å². The van der Waals surface area contributed by atoms with Crippen LogP contribution in [0.15, 0.2) is 12.4 Å². The highest BCUT2D eigenvalue weighted by Gasteiger charge is 1.93. The topological polar surface area (TPSA) is 61.4 Å². The normalized spacial score (nSPS) is 8.11. The van der Waals surface area contributed by atoms with E-state index < -0.39 is 5.97 Å². The van der Waals surface area contributed by atoms with Crippen molar-refractivity contribution < 1.29 is 9.90 Å². The van der Waals surface area contributed by atoms with Gasteiger partial charge in [-0.2, -0.15) is 0 Å². The number of rotatable bonds is 4. The minimum atomic E-state index is -0.897. The Labute approximate surface area is 53.6 Å². The number of hydrogen-bond acceptors (Lipinski definition) is 3. The number of carboxylic acid groups (broad SMARTS) is 1. The van der Waals surface area contributed by atoms with E-state index in [4.69, 9.17) is 5.11 Å².